The summed E-state index contributed by atoms with van der Waals surface area (Å²) in [5, 5.41) is 3.59. The Labute approximate surface area is 129 Å². The molecule has 1 aliphatic rings. The summed E-state index contributed by atoms with van der Waals surface area (Å²) in [6, 6.07) is 5.78. The van der Waals surface area contributed by atoms with Crippen molar-refractivity contribution < 1.29 is 4.79 Å². The molecule has 0 spiro atoms. The Bertz CT molecular complexity index is 745. The first-order valence-corrected chi connectivity index (χ1v) is 7.89. The smallest absolute Gasteiger partial charge is 0.261 e. The highest BCUT2D eigenvalue weighted by molar-refractivity contribution is 5.81. The van der Waals surface area contributed by atoms with Crippen LogP contribution >= 0.6 is 0 Å². The number of benzene rings is 1. The Kier molecular flexibility index (Phi) is 4.22. The zero-order valence-electron chi connectivity index (χ0n) is 12.8. The molecular formula is C17H21N3O2. The van der Waals surface area contributed by atoms with Gasteiger partial charge in [-0.1, -0.05) is 31.4 Å². The van der Waals surface area contributed by atoms with E-state index in [0.29, 0.717) is 10.9 Å². The monoisotopic (exact) mass is 299 g/mol. The van der Waals surface area contributed by atoms with E-state index in [0.717, 1.165) is 18.4 Å². The molecule has 0 atom stereocenters. The number of carbonyl (C=O) groups is 1. The van der Waals surface area contributed by atoms with Crippen LogP contribution in [0.15, 0.2) is 29.3 Å². The Morgan fingerprint density at radius 2 is 2.09 bits per heavy atom. The van der Waals surface area contributed by atoms with E-state index in [-0.39, 0.29) is 24.1 Å². The van der Waals surface area contributed by atoms with Gasteiger partial charge in [0.15, 0.2) is 0 Å². The number of aryl methyl sites for hydroxylation is 1. The SMILES string of the molecule is Cc1cccc2c(=O)n(CC(=O)NC3CCCCC3)cnc12. The Balaban J connectivity index is 1.77. The standard InChI is InChI=1S/C17H21N3O2/c1-12-6-5-9-14-16(12)18-11-20(17(14)22)10-15(21)19-13-7-3-2-4-8-13/h5-6,9,11,13H,2-4,7-8,10H2,1H3,(H,19,21). The predicted octanol–water partition coefficient (Wildman–Crippen LogP) is 2.15. The molecule has 5 nitrogen and oxygen atoms in total. The molecule has 1 heterocycles. The summed E-state index contributed by atoms with van der Waals surface area (Å²) < 4.78 is 1.39. The molecule has 1 fully saturated rings. The van der Waals surface area contributed by atoms with Crippen LogP contribution in [0, 0.1) is 6.92 Å². The Hall–Kier alpha value is -2.17. The molecule has 1 amide bonds. The van der Waals surface area contributed by atoms with E-state index in [9.17, 15) is 9.59 Å². The van der Waals surface area contributed by atoms with Gasteiger partial charge in [-0.05, 0) is 31.4 Å². The fraction of sp³-hybridized carbons (Fsp3) is 0.471. The topological polar surface area (TPSA) is 64.0 Å². The fourth-order valence-corrected chi connectivity index (χ4v) is 3.13. The Morgan fingerprint density at radius 1 is 1.32 bits per heavy atom. The first-order valence-electron chi connectivity index (χ1n) is 7.89. The normalized spacial score (nSPS) is 15.9. The minimum Gasteiger partial charge on any atom is -0.352 e. The highest BCUT2D eigenvalue weighted by Gasteiger charge is 2.16. The zero-order chi connectivity index (χ0) is 15.5. The van der Waals surface area contributed by atoms with Gasteiger partial charge in [0.2, 0.25) is 5.91 Å². The van der Waals surface area contributed by atoms with Crippen LogP contribution in [0.1, 0.15) is 37.7 Å². The van der Waals surface area contributed by atoms with Gasteiger partial charge >= 0.3 is 0 Å². The first-order chi connectivity index (χ1) is 10.6. The summed E-state index contributed by atoms with van der Waals surface area (Å²) in [7, 11) is 0. The highest BCUT2D eigenvalue weighted by atomic mass is 16.2. The second-order valence-corrected chi connectivity index (χ2v) is 6.05. The van der Waals surface area contributed by atoms with E-state index >= 15 is 0 Å². The van der Waals surface area contributed by atoms with Gasteiger partial charge < -0.3 is 5.32 Å². The molecule has 0 aliphatic heterocycles. The third-order valence-corrected chi connectivity index (χ3v) is 4.34. The van der Waals surface area contributed by atoms with Crippen LogP contribution in [-0.4, -0.2) is 21.5 Å². The molecule has 2 aromatic rings. The number of rotatable bonds is 3. The van der Waals surface area contributed by atoms with E-state index in [2.05, 4.69) is 10.3 Å². The van der Waals surface area contributed by atoms with E-state index in [4.69, 9.17) is 0 Å². The lowest BCUT2D eigenvalue weighted by Crippen LogP contribution is -2.39. The number of carbonyl (C=O) groups excluding carboxylic acids is 1. The quantitative estimate of drug-likeness (QED) is 0.944. The largest absolute Gasteiger partial charge is 0.352 e. The van der Waals surface area contributed by atoms with Crippen LogP contribution in [0.5, 0.6) is 0 Å². The van der Waals surface area contributed by atoms with Crippen LogP contribution in [-0.2, 0) is 11.3 Å². The third-order valence-electron chi connectivity index (χ3n) is 4.34. The summed E-state index contributed by atoms with van der Waals surface area (Å²) >= 11 is 0. The first kappa shape index (κ1) is 14.8. The summed E-state index contributed by atoms with van der Waals surface area (Å²) in [4.78, 5) is 28.9. The number of para-hydroxylation sites is 1. The van der Waals surface area contributed by atoms with Crippen LogP contribution in [0.2, 0.25) is 0 Å². The van der Waals surface area contributed by atoms with Crippen molar-refractivity contribution in [3.8, 4) is 0 Å². The maximum Gasteiger partial charge on any atom is 0.261 e. The average Bonchev–Trinajstić information content (AvgIpc) is 2.52. The second kappa shape index (κ2) is 6.30. The Morgan fingerprint density at radius 3 is 2.86 bits per heavy atom. The van der Waals surface area contributed by atoms with Gasteiger partial charge in [-0.15, -0.1) is 0 Å². The number of fused-ring (bicyclic) bond motifs is 1. The lowest BCUT2D eigenvalue weighted by molar-refractivity contribution is -0.122. The van der Waals surface area contributed by atoms with Crippen molar-refractivity contribution in [3.05, 3.63) is 40.4 Å². The zero-order valence-corrected chi connectivity index (χ0v) is 12.8. The van der Waals surface area contributed by atoms with Crippen molar-refractivity contribution in [2.75, 3.05) is 0 Å². The van der Waals surface area contributed by atoms with Gasteiger partial charge in [-0.2, -0.15) is 0 Å². The number of nitrogens with one attached hydrogen (secondary N) is 1. The molecule has 1 N–H and O–H groups in total. The second-order valence-electron chi connectivity index (χ2n) is 6.05. The number of hydrogen-bond donors (Lipinski definition) is 1. The molecule has 0 bridgehead atoms. The van der Waals surface area contributed by atoms with Gasteiger partial charge in [0.05, 0.1) is 17.2 Å². The van der Waals surface area contributed by atoms with E-state index < -0.39 is 0 Å². The van der Waals surface area contributed by atoms with Crippen LogP contribution in [0.25, 0.3) is 10.9 Å². The summed E-state index contributed by atoms with van der Waals surface area (Å²) in [5.74, 6) is -0.109. The van der Waals surface area contributed by atoms with Crippen LogP contribution in [0.4, 0.5) is 0 Å². The molecule has 116 valence electrons. The van der Waals surface area contributed by atoms with Gasteiger partial charge in [0, 0.05) is 6.04 Å². The van der Waals surface area contributed by atoms with Crippen molar-refractivity contribution in [1.29, 1.82) is 0 Å². The average molecular weight is 299 g/mol. The molecule has 22 heavy (non-hydrogen) atoms. The maximum atomic E-state index is 12.5. The van der Waals surface area contributed by atoms with Crippen LogP contribution in [0.3, 0.4) is 0 Å². The summed E-state index contributed by atoms with van der Waals surface area (Å²) in [6.07, 6.45) is 7.13. The van der Waals surface area contributed by atoms with Gasteiger partial charge in [0.25, 0.3) is 5.56 Å². The molecule has 1 aliphatic carbocycles. The maximum absolute atomic E-state index is 12.5. The van der Waals surface area contributed by atoms with Gasteiger partial charge in [-0.3, -0.25) is 14.2 Å². The fourth-order valence-electron chi connectivity index (χ4n) is 3.13. The molecule has 0 saturated heterocycles. The van der Waals surface area contributed by atoms with Crippen molar-refractivity contribution in [1.82, 2.24) is 14.9 Å². The molecule has 1 aromatic heterocycles. The molecule has 5 heteroatoms. The molecule has 0 radical (unpaired) electrons. The van der Waals surface area contributed by atoms with E-state index in [1.807, 2.05) is 19.1 Å². The molecule has 3 rings (SSSR count). The van der Waals surface area contributed by atoms with Crippen molar-refractivity contribution in [2.45, 2.75) is 51.6 Å². The predicted molar refractivity (Wildman–Crippen MR) is 85.8 cm³/mol. The number of hydrogen-bond acceptors (Lipinski definition) is 3. The number of nitrogens with zero attached hydrogens (tertiary/aromatic N) is 2. The third kappa shape index (κ3) is 3.03. The van der Waals surface area contributed by atoms with Gasteiger partial charge in [-0.25, -0.2) is 4.98 Å². The minimum atomic E-state index is -0.160. The molecule has 0 unspecified atom stereocenters. The number of aromatic nitrogens is 2. The minimum absolute atomic E-state index is 0.0339. The molecular weight excluding hydrogens is 278 g/mol. The lowest BCUT2D eigenvalue weighted by atomic mass is 9.95. The van der Waals surface area contributed by atoms with Gasteiger partial charge in [0.1, 0.15) is 6.54 Å². The lowest BCUT2D eigenvalue weighted by Gasteiger charge is -2.22. The highest BCUT2D eigenvalue weighted by Crippen LogP contribution is 2.17. The van der Waals surface area contributed by atoms with Crippen molar-refractivity contribution in [3.63, 3.8) is 0 Å². The van der Waals surface area contributed by atoms with E-state index in [1.54, 1.807) is 6.07 Å². The van der Waals surface area contributed by atoms with Crippen LogP contribution < -0.4 is 10.9 Å². The number of amides is 1. The molecule has 1 aromatic carbocycles. The summed E-state index contributed by atoms with van der Waals surface area (Å²) in [6.45, 7) is 1.96. The van der Waals surface area contributed by atoms with Crippen molar-refractivity contribution in [2.24, 2.45) is 0 Å². The van der Waals surface area contributed by atoms with E-state index in [1.165, 1.54) is 30.2 Å². The van der Waals surface area contributed by atoms with Crippen molar-refractivity contribution >= 4 is 16.8 Å². The molecule has 1 saturated carbocycles. The summed E-state index contributed by atoms with van der Waals surface area (Å²) in [5.41, 5.74) is 1.51.